The van der Waals surface area contributed by atoms with Crippen molar-refractivity contribution in [2.24, 2.45) is 5.92 Å². The van der Waals surface area contributed by atoms with E-state index in [1.54, 1.807) is 0 Å². The first kappa shape index (κ1) is 17.5. The number of aliphatic carboxylic acids is 1. The molecule has 1 aliphatic heterocycles. The van der Waals surface area contributed by atoms with Crippen LogP contribution >= 0.6 is 0 Å². The van der Waals surface area contributed by atoms with Gasteiger partial charge in [0.15, 0.2) is 0 Å². The number of hydrogen-bond acceptors (Lipinski definition) is 2. The van der Waals surface area contributed by atoms with E-state index >= 15 is 0 Å². The molecule has 0 aromatic carbocycles. The van der Waals surface area contributed by atoms with E-state index in [9.17, 15) is 9.59 Å². The Labute approximate surface area is 127 Å². The van der Waals surface area contributed by atoms with Gasteiger partial charge in [-0.05, 0) is 32.1 Å². The Morgan fingerprint density at radius 1 is 1.38 bits per heavy atom. The predicted molar refractivity (Wildman–Crippen MR) is 83.2 cm³/mol. The third kappa shape index (κ3) is 7.16. The summed E-state index contributed by atoms with van der Waals surface area (Å²) < 4.78 is 0. The standard InChI is InChI=1S/C16H28N2O3/c1-3-4-14(5-6-15(19)20)7-10-17-16(21)18-11-8-13(2)9-12-18/h8,14H,3-7,9-12H2,1-2H3,(H,17,21)(H,19,20). The summed E-state index contributed by atoms with van der Waals surface area (Å²) in [6.45, 7) is 6.30. The molecule has 2 amide bonds. The first-order valence-electron chi connectivity index (χ1n) is 7.93. The molecule has 1 heterocycles. The molecule has 1 rings (SSSR count). The van der Waals surface area contributed by atoms with Crippen molar-refractivity contribution in [3.8, 4) is 0 Å². The highest BCUT2D eigenvalue weighted by Crippen LogP contribution is 2.17. The number of nitrogens with zero attached hydrogens (tertiary/aromatic N) is 1. The van der Waals surface area contributed by atoms with Crippen molar-refractivity contribution in [3.63, 3.8) is 0 Å². The topological polar surface area (TPSA) is 69.6 Å². The second-order valence-electron chi connectivity index (χ2n) is 5.85. The quantitative estimate of drug-likeness (QED) is 0.676. The highest BCUT2D eigenvalue weighted by molar-refractivity contribution is 5.74. The zero-order chi connectivity index (χ0) is 15.7. The Morgan fingerprint density at radius 2 is 2.14 bits per heavy atom. The Kier molecular flexibility index (Phi) is 7.87. The van der Waals surface area contributed by atoms with E-state index in [4.69, 9.17) is 5.11 Å². The molecule has 5 nitrogen and oxygen atoms in total. The third-order valence-electron chi connectivity index (χ3n) is 4.02. The average Bonchev–Trinajstić information content (AvgIpc) is 2.45. The van der Waals surface area contributed by atoms with Gasteiger partial charge in [-0.3, -0.25) is 4.79 Å². The zero-order valence-corrected chi connectivity index (χ0v) is 13.2. The molecule has 1 atom stereocenters. The second kappa shape index (κ2) is 9.42. The van der Waals surface area contributed by atoms with Crippen molar-refractivity contribution >= 4 is 12.0 Å². The van der Waals surface area contributed by atoms with Gasteiger partial charge in [-0.15, -0.1) is 0 Å². The number of carboxylic acid groups (broad SMARTS) is 1. The fourth-order valence-electron chi connectivity index (χ4n) is 2.62. The van der Waals surface area contributed by atoms with Crippen LogP contribution in [0.4, 0.5) is 4.79 Å². The van der Waals surface area contributed by atoms with Crippen molar-refractivity contribution in [1.82, 2.24) is 10.2 Å². The minimum atomic E-state index is -0.740. The number of rotatable bonds is 8. The van der Waals surface area contributed by atoms with E-state index in [0.717, 1.165) is 32.2 Å². The maximum absolute atomic E-state index is 12.0. The summed E-state index contributed by atoms with van der Waals surface area (Å²) in [7, 11) is 0. The van der Waals surface area contributed by atoms with Crippen LogP contribution < -0.4 is 5.32 Å². The Bertz CT molecular complexity index is 380. The van der Waals surface area contributed by atoms with Crippen LogP contribution in [0.25, 0.3) is 0 Å². The lowest BCUT2D eigenvalue weighted by atomic mass is 9.94. The van der Waals surface area contributed by atoms with Gasteiger partial charge in [0.2, 0.25) is 0 Å². The maximum Gasteiger partial charge on any atom is 0.317 e. The monoisotopic (exact) mass is 296 g/mol. The number of carbonyl (C=O) groups excluding carboxylic acids is 1. The predicted octanol–water partition coefficient (Wildman–Crippen LogP) is 3.02. The SMILES string of the molecule is CCCC(CCNC(=O)N1CC=C(C)CC1)CCC(=O)O. The fourth-order valence-corrected chi connectivity index (χ4v) is 2.62. The first-order chi connectivity index (χ1) is 10.0. The smallest absolute Gasteiger partial charge is 0.317 e. The van der Waals surface area contributed by atoms with Crippen molar-refractivity contribution < 1.29 is 14.7 Å². The lowest BCUT2D eigenvalue weighted by Crippen LogP contribution is -2.42. The summed E-state index contributed by atoms with van der Waals surface area (Å²) in [5.74, 6) is -0.356. The molecule has 0 aromatic heterocycles. The number of carboxylic acids is 1. The van der Waals surface area contributed by atoms with Gasteiger partial charge in [0.05, 0.1) is 0 Å². The number of amides is 2. The summed E-state index contributed by atoms with van der Waals surface area (Å²) in [5.41, 5.74) is 1.34. The molecule has 21 heavy (non-hydrogen) atoms. The van der Waals surface area contributed by atoms with Gasteiger partial charge in [-0.25, -0.2) is 4.79 Å². The Balaban J connectivity index is 2.26. The molecule has 1 aliphatic rings. The van der Waals surface area contributed by atoms with Gasteiger partial charge < -0.3 is 15.3 Å². The van der Waals surface area contributed by atoms with Crippen LogP contribution in [0.15, 0.2) is 11.6 Å². The molecular formula is C16H28N2O3. The molecule has 0 aromatic rings. The lowest BCUT2D eigenvalue weighted by Gasteiger charge is -2.26. The minimum Gasteiger partial charge on any atom is -0.481 e. The molecular weight excluding hydrogens is 268 g/mol. The van der Waals surface area contributed by atoms with Crippen molar-refractivity contribution in [3.05, 3.63) is 11.6 Å². The van der Waals surface area contributed by atoms with E-state index in [0.29, 0.717) is 25.4 Å². The molecule has 120 valence electrons. The molecule has 0 spiro atoms. The third-order valence-corrected chi connectivity index (χ3v) is 4.02. The largest absolute Gasteiger partial charge is 0.481 e. The lowest BCUT2D eigenvalue weighted by molar-refractivity contribution is -0.137. The van der Waals surface area contributed by atoms with Crippen LogP contribution in [0.3, 0.4) is 0 Å². The van der Waals surface area contributed by atoms with Crippen molar-refractivity contribution in [2.75, 3.05) is 19.6 Å². The number of hydrogen-bond donors (Lipinski definition) is 2. The highest BCUT2D eigenvalue weighted by atomic mass is 16.4. The molecule has 0 saturated heterocycles. The zero-order valence-electron chi connectivity index (χ0n) is 13.2. The van der Waals surface area contributed by atoms with Gasteiger partial charge >= 0.3 is 12.0 Å². The molecule has 0 saturated carbocycles. The summed E-state index contributed by atoms with van der Waals surface area (Å²) >= 11 is 0. The molecule has 5 heteroatoms. The number of urea groups is 1. The van der Waals surface area contributed by atoms with Gasteiger partial charge in [-0.1, -0.05) is 31.4 Å². The molecule has 2 N–H and O–H groups in total. The van der Waals surface area contributed by atoms with Gasteiger partial charge in [0.1, 0.15) is 0 Å². The first-order valence-corrected chi connectivity index (χ1v) is 7.93. The Morgan fingerprint density at radius 3 is 2.71 bits per heavy atom. The fraction of sp³-hybridized carbons (Fsp3) is 0.750. The van der Waals surface area contributed by atoms with E-state index in [-0.39, 0.29) is 12.5 Å². The molecule has 0 radical (unpaired) electrons. The molecule has 0 bridgehead atoms. The molecule has 1 unspecified atom stereocenters. The van der Waals surface area contributed by atoms with Gasteiger partial charge in [0.25, 0.3) is 0 Å². The summed E-state index contributed by atoms with van der Waals surface area (Å²) in [5, 5.41) is 11.7. The Hall–Kier alpha value is -1.52. The van der Waals surface area contributed by atoms with Gasteiger partial charge in [0, 0.05) is 26.1 Å². The van der Waals surface area contributed by atoms with Crippen molar-refractivity contribution in [1.29, 1.82) is 0 Å². The van der Waals surface area contributed by atoms with E-state index in [1.165, 1.54) is 5.57 Å². The minimum absolute atomic E-state index is 0.00719. The summed E-state index contributed by atoms with van der Waals surface area (Å²) in [6, 6.07) is -0.00719. The van der Waals surface area contributed by atoms with Crippen LogP contribution in [0.5, 0.6) is 0 Å². The van der Waals surface area contributed by atoms with Crippen LogP contribution in [0.1, 0.15) is 52.4 Å². The molecule has 0 aliphatic carbocycles. The van der Waals surface area contributed by atoms with E-state index in [2.05, 4.69) is 25.2 Å². The van der Waals surface area contributed by atoms with E-state index in [1.807, 2.05) is 4.90 Å². The molecule has 0 fully saturated rings. The van der Waals surface area contributed by atoms with Crippen LogP contribution in [0.2, 0.25) is 0 Å². The second-order valence-corrected chi connectivity index (χ2v) is 5.85. The summed E-state index contributed by atoms with van der Waals surface area (Å²) in [4.78, 5) is 24.5. The highest BCUT2D eigenvalue weighted by Gasteiger charge is 2.16. The van der Waals surface area contributed by atoms with Crippen LogP contribution in [-0.4, -0.2) is 41.6 Å². The maximum atomic E-state index is 12.0. The van der Waals surface area contributed by atoms with E-state index < -0.39 is 5.97 Å². The van der Waals surface area contributed by atoms with Crippen molar-refractivity contribution in [2.45, 2.75) is 52.4 Å². The van der Waals surface area contributed by atoms with Gasteiger partial charge in [-0.2, -0.15) is 0 Å². The van der Waals surface area contributed by atoms with Crippen LogP contribution in [-0.2, 0) is 4.79 Å². The van der Waals surface area contributed by atoms with Crippen LogP contribution in [0, 0.1) is 5.92 Å². The normalized spacial score (nSPS) is 16.3. The average molecular weight is 296 g/mol. The number of carbonyl (C=O) groups is 2. The number of nitrogens with one attached hydrogen (secondary N) is 1. The summed E-state index contributed by atoms with van der Waals surface area (Å²) in [6.07, 6.45) is 6.89.